The van der Waals surface area contributed by atoms with E-state index >= 15 is 0 Å². The Bertz CT molecular complexity index is 341. The van der Waals surface area contributed by atoms with Crippen molar-refractivity contribution in [1.29, 1.82) is 0 Å². The fraction of sp³-hybridized carbons (Fsp3) is 0.692. The number of nitrogen functional groups attached to an aromatic ring is 1. The van der Waals surface area contributed by atoms with Crippen LogP contribution in [0.1, 0.15) is 39.5 Å². The number of hydrogen-bond donors (Lipinski definition) is 1. The lowest BCUT2D eigenvalue weighted by molar-refractivity contribution is 0.526. The minimum Gasteiger partial charge on any atom is -0.396 e. The number of anilines is 2. The molecule has 0 radical (unpaired) electrons. The molecule has 0 aromatic carbocycles. The molecular formula is C13H22N4. The summed E-state index contributed by atoms with van der Waals surface area (Å²) in [7, 11) is 0. The lowest BCUT2D eigenvalue weighted by Gasteiger charge is -2.30. The maximum atomic E-state index is 5.64. The first-order chi connectivity index (χ1) is 8.16. The predicted molar refractivity (Wildman–Crippen MR) is 70.9 cm³/mol. The summed E-state index contributed by atoms with van der Waals surface area (Å²) < 4.78 is 0. The Morgan fingerprint density at radius 1 is 1.29 bits per heavy atom. The average molecular weight is 234 g/mol. The minimum atomic E-state index is 0.612. The molecule has 1 aliphatic carbocycles. The molecule has 4 nitrogen and oxygen atoms in total. The van der Waals surface area contributed by atoms with Crippen molar-refractivity contribution in [3.63, 3.8) is 0 Å². The van der Waals surface area contributed by atoms with E-state index in [2.05, 4.69) is 28.7 Å². The molecule has 1 fully saturated rings. The average Bonchev–Trinajstić information content (AvgIpc) is 2.80. The number of hydrogen-bond acceptors (Lipinski definition) is 4. The Morgan fingerprint density at radius 2 is 1.88 bits per heavy atom. The van der Waals surface area contributed by atoms with E-state index in [9.17, 15) is 0 Å². The molecule has 2 rings (SSSR count). The van der Waals surface area contributed by atoms with Crippen LogP contribution in [-0.4, -0.2) is 22.6 Å². The second-order valence-corrected chi connectivity index (χ2v) is 5.30. The topological polar surface area (TPSA) is 55.0 Å². The van der Waals surface area contributed by atoms with Crippen molar-refractivity contribution in [2.45, 2.75) is 45.6 Å². The molecule has 0 aliphatic heterocycles. The molecule has 17 heavy (non-hydrogen) atoms. The second kappa shape index (κ2) is 5.34. The maximum absolute atomic E-state index is 5.64. The van der Waals surface area contributed by atoms with Crippen LogP contribution < -0.4 is 10.6 Å². The van der Waals surface area contributed by atoms with Crippen molar-refractivity contribution in [2.75, 3.05) is 17.2 Å². The number of aromatic nitrogens is 2. The van der Waals surface area contributed by atoms with Gasteiger partial charge in [-0.3, -0.25) is 0 Å². The van der Waals surface area contributed by atoms with Crippen LogP contribution in [0.5, 0.6) is 0 Å². The van der Waals surface area contributed by atoms with Crippen LogP contribution >= 0.6 is 0 Å². The smallest absolute Gasteiger partial charge is 0.225 e. The summed E-state index contributed by atoms with van der Waals surface area (Å²) >= 11 is 0. The fourth-order valence-corrected chi connectivity index (χ4v) is 2.48. The highest BCUT2D eigenvalue weighted by Crippen LogP contribution is 2.27. The van der Waals surface area contributed by atoms with Gasteiger partial charge in [0.25, 0.3) is 0 Å². The molecule has 1 aromatic heterocycles. The van der Waals surface area contributed by atoms with Gasteiger partial charge in [0.1, 0.15) is 0 Å². The van der Waals surface area contributed by atoms with Gasteiger partial charge in [0, 0.05) is 12.6 Å². The monoisotopic (exact) mass is 234 g/mol. The molecule has 2 N–H and O–H groups in total. The van der Waals surface area contributed by atoms with Gasteiger partial charge in [-0.1, -0.05) is 26.7 Å². The number of nitrogens with two attached hydrogens (primary N) is 1. The van der Waals surface area contributed by atoms with Gasteiger partial charge in [0.15, 0.2) is 0 Å². The zero-order valence-corrected chi connectivity index (χ0v) is 10.8. The predicted octanol–water partition coefficient (Wildman–Crippen LogP) is 2.46. The van der Waals surface area contributed by atoms with E-state index in [1.165, 1.54) is 25.7 Å². The molecule has 0 saturated heterocycles. The molecule has 94 valence electrons. The van der Waals surface area contributed by atoms with Gasteiger partial charge in [-0.2, -0.15) is 0 Å². The van der Waals surface area contributed by atoms with Crippen molar-refractivity contribution >= 4 is 11.6 Å². The molecule has 0 unspecified atom stereocenters. The van der Waals surface area contributed by atoms with Gasteiger partial charge in [0.2, 0.25) is 5.95 Å². The van der Waals surface area contributed by atoms with Gasteiger partial charge in [-0.25, -0.2) is 9.97 Å². The van der Waals surface area contributed by atoms with E-state index in [-0.39, 0.29) is 0 Å². The number of nitrogens with zero attached hydrogens (tertiary/aromatic N) is 3. The lowest BCUT2D eigenvalue weighted by atomic mass is 10.1. The SMILES string of the molecule is CC(C)CN(c1ncc(N)cn1)C1CCCC1. The minimum absolute atomic E-state index is 0.612. The highest BCUT2D eigenvalue weighted by Gasteiger charge is 2.24. The molecule has 0 amide bonds. The molecule has 1 heterocycles. The normalized spacial score (nSPS) is 16.6. The maximum Gasteiger partial charge on any atom is 0.225 e. The van der Waals surface area contributed by atoms with Crippen LogP contribution in [0, 0.1) is 5.92 Å². The van der Waals surface area contributed by atoms with Crippen LogP contribution in [0.25, 0.3) is 0 Å². The standard InChI is InChI=1S/C13H22N4/c1-10(2)9-17(12-5-3-4-6-12)13-15-7-11(14)8-16-13/h7-8,10,12H,3-6,9,14H2,1-2H3. The zero-order chi connectivity index (χ0) is 12.3. The van der Waals surface area contributed by atoms with Crippen LogP contribution in [0.4, 0.5) is 11.6 Å². The molecular weight excluding hydrogens is 212 g/mol. The molecule has 4 heteroatoms. The highest BCUT2D eigenvalue weighted by atomic mass is 15.3. The quantitative estimate of drug-likeness (QED) is 0.869. The largest absolute Gasteiger partial charge is 0.396 e. The summed E-state index contributed by atoms with van der Waals surface area (Å²) in [6.45, 7) is 5.49. The zero-order valence-electron chi connectivity index (χ0n) is 10.8. The Kier molecular flexibility index (Phi) is 3.82. The van der Waals surface area contributed by atoms with Crippen LogP contribution in [0.15, 0.2) is 12.4 Å². The molecule has 1 saturated carbocycles. The first kappa shape index (κ1) is 12.1. The molecule has 1 aromatic rings. The van der Waals surface area contributed by atoms with Gasteiger partial charge < -0.3 is 10.6 Å². The summed E-state index contributed by atoms with van der Waals surface area (Å²) in [4.78, 5) is 11.1. The Balaban J connectivity index is 2.16. The van der Waals surface area contributed by atoms with Crippen molar-refractivity contribution in [3.05, 3.63) is 12.4 Å². The summed E-state index contributed by atoms with van der Waals surface area (Å²) in [5.74, 6) is 1.46. The van der Waals surface area contributed by atoms with Gasteiger partial charge >= 0.3 is 0 Å². The number of rotatable bonds is 4. The van der Waals surface area contributed by atoms with Crippen LogP contribution in [0.3, 0.4) is 0 Å². The lowest BCUT2D eigenvalue weighted by Crippen LogP contribution is -2.37. The van der Waals surface area contributed by atoms with Gasteiger partial charge in [-0.05, 0) is 18.8 Å². The van der Waals surface area contributed by atoms with Crippen molar-refractivity contribution < 1.29 is 0 Å². The highest BCUT2D eigenvalue weighted by molar-refractivity contribution is 5.38. The summed E-state index contributed by atoms with van der Waals surface area (Å²) in [6, 6.07) is 0.612. The summed E-state index contributed by atoms with van der Waals surface area (Å²) in [5, 5.41) is 0. The third-order valence-corrected chi connectivity index (χ3v) is 3.24. The van der Waals surface area contributed by atoms with Crippen LogP contribution in [0.2, 0.25) is 0 Å². The Hall–Kier alpha value is -1.32. The van der Waals surface area contributed by atoms with E-state index in [1.54, 1.807) is 12.4 Å². The molecule has 0 bridgehead atoms. The Labute approximate surface area is 103 Å². The van der Waals surface area contributed by atoms with Crippen molar-refractivity contribution in [3.8, 4) is 0 Å². The van der Waals surface area contributed by atoms with E-state index in [1.807, 2.05) is 0 Å². The van der Waals surface area contributed by atoms with E-state index in [0.717, 1.165) is 12.5 Å². The third kappa shape index (κ3) is 3.08. The van der Waals surface area contributed by atoms with Crippen LogP contribution in [-0.2, 0) is 0 Å². The second-order valence-electron chi connectivity index (χ2n) is 5.30. The fourth-order valence-electron chi connectivity index (χ4n) is 2.48. The van der Waals surface area contributed by atoms with E-state index in [0.29, 0.717) is 17.6 Å². The molecule has 0 spiro atoms. The Morgan fingerprint density at radius 3 is 2.41 bits per heavy atom. The first-order valence-corrected chi connectivity index (χ1v) is 6.51. The summed E-state index contributed by atoms with van der Waals surface area (Å²) in [5.41, 5.74) is 6.27. The van der Waals surface area contributed by atoms with E-state index < -0.39 is 0 Å². The van der Waals surface area contributed by atoms with Gasteiger partial charge in [0.05, 0.1) is 18.1 Å². The molecule has 0 atom stereocenters. The molecule has 1 aliphatic rings. The summed E-state index contributed by atoms with van der Waals surface area (Å²) in [6.07, 6.45) is 8.58. The van der Waals surface area contributed by atoms with Crippen molar-refractivity contribution in [1.82, 2.24) is 9.97 Å². The first-order valence-electron chi connectivity index (χ1n) is 6.51. The third-order valence-electron chi connectivity index (χ3n) is 3.24. The van der Waals surface area contributed by atoms with Gasteiger partial charge in [-0.15, -0.1) is 0 Å². The van der Waals surface area contributed by atoms with E-state index in [4.69, 9.17) is 5.73 Å². The van der Waals surface area contributed by atoms with Crippen molar-refractivity contribution in [2.24, 2.45) is 5.92 Å².